The average molecular weight is 224 g/mol. The molecule has 0 atom stereocenters. The summed E-state index contributed by atoms with van der Waals surface area (Å²) in [6, 6.07) is 0. The minimum Gasteiger partial charge on any atom is -0.378 e. The number of aliphatic imine (C=N–C) groups is 1. The molecule has 2 aliphatic rings. The Bertz CT molecular complexity index is 294. The zero-order chi connectivity index (χ0) is 11.4. The van der Waals surface area contributed by atoms with Crippen molar-refractivity contribution in [3.8, 4) is 0 Å². The molecule has 1 N–H and O–H groups in total. The van der Waals surface area contributed by atoms with Crippen LogP contribution in [0.15, 0.2) is 16.8 Å². The number of rotatable bonds is 2. The van der Waals surface area contributed by atoms with Gasteiger partial charge in [-0.05, 0) is 13.0 Å². The van der Waals surface area contributed by atoms with Crippen molar-refractivity contribution in [2.24, 2.45) is 4.99 Å². The molecule has 0 aromatic rings. The van der Waals surface area contributed by atoms with Crippen molar-refractivity contribution in [1.29, 1.82) is 0 Å². The van der Waals surface area contributed by atoms with Crippen LogP contribution >= 0.6 is 0 Å². The average Bonchev–Trinajstić information content (AvgIpc) is 2.33. The molecule has 0 spiro atoms. The summed E-state index contributed by atoms with van der Waals surface area (Å²) >= 11 is 0. The van der Waals surface area contributed by atoms with Crippen molar-refractivity contribution in [2.75, 3.05) is 46.4 Å². The number of morpholine rings is 1. The van der Waals surface area contributed by atoms with E-state index in [1.54, 1.807) is 0 Å². The molecule has 90 valence electrons. The summed E-state index contributed by atoms with van der Waals surface area (Å²) in [5.74, 6) is 1.04. The maximum Gasteiger partial charge on any atom is 0.161 e. The van der Waals surface area contributed by atoms with E-state index >= 15 is 0 Å². The van der Waals surface area contributed by atoms with E-state index in [0.29, 0.717) is 0 Å². The van der Waals surface area contributed by atoms with Crippen molar-refractivity contribution in [1.82, 2.24) is 15.3 Å². The van der Waals surface area contributed by atoms with Crippen molar-refractivity contribution < 1.29 is 4.74 Å². The smallest absolute Gasteiger partial charge is 0.161 e. The first-order valence-corrected chi connectivity index (χ1v) is 5.88. The van der Waals surface area contributed by atoms with Gasteiger partial charge in [0.2, 0.25) is 0 Å². The lowest BCUT2D eigenvalue weighted by Gasteiger charge is -2.36. The number of hydrazine groups is 1. The molecule has 0 aromatic carbocycles. The van der Waals surface area contributed by atoms with Crippen molar-refractivity contribution in [3.05, 3.63) is 11.8 Å². The van der Waals surface area contributed by atoms with Crippen LogP contribution in [0.25, 0.3) is 0 Å². The third kappa shape index (κ3) is 2.36. The number of amidine groups is 1. The van der Waals surface area contributed by atoms with Crippen LogP contribution in [-0.4, -0.2) is 62.2 Å². The van der Waals surface area contributed by atoms with E-state index in [2.05, 4.69) is 28.3 Å². The highest BCUT2D eigenvalue weighted by molar-refractivity contribution is 5.98. The summed E-state index contributed by atoms with van der Waals surface area (Å²) in [5, 5.41) is 2.01. The molecule has 0 amide bonds. The second-order valence-corrected chi connectivity index (χ2v) is 3.91. The number of hydrogen-bond acceptors (Lipinski definition) is 4. The second-order valence-electron chi connectivity index (χ2n) is 3.91. The van der Waals surface area contributed by atoms with Gasteiger partial charge in [-0.15, -0.1) is 0 Å². The van der Waals surface area contributed by atoms with Crippen LogP contribution in [0.2, 0.25) is 0 Å². The van der Waals surface area contributed by atoms with E-state index in [4.69, 9.17) is 4.74 Å². The maximum atomic E-state index is 5.37. The first-order chi connectivity index (χ1) is 7.83. The van der Waals surface area contributed by atoms with E-state index in [1.807, 2.05) is 12.1 Å². The molecule has 5 heteroatoms. The summed E-state index contributed by atoms with van der Waals surface area (Å²) in [5.41, 5.74) is 4.50. The Morgan fingerprint density at radius 2 is 2.19 bits per heavy atom. The zero-order valence-corrected chi connectivity index (χ0v) is 10.1. The molecule has 0 aromatic heterocycles. The molecule has 0 unspecified atom stereocenters. The molecular formula is C11H20N4O. The number of ether oxygens (including phenoxy) is 1. The molecule has 1 saturated heterocycles. The van der Waals surface area contributed by atoms with E-state index in [0.717, 1.165) is 45.2 Å². The first-order valence-electron chi connectivity index (χ1n) is 5.88. The van der Waals surface area contributed by atoms with E-state index < -0.39 is 0 Å². The van der Waals surface area contributed by atoms with Crippen molar-refractivity contribution in [3.63, 3.8) is 0 Å². The second kappa shape index (κ2) is 5.32. The molecule has 2 rings (SSSR count). The highest BCUT2D eigenvalue weighted by Crippen LogP contribution is 2.13. The summed E-state index contributed by atoms with van der Waals surface area (Å²) in [6.07, 6.45) is 2.21. The summed E-state index contributed by atoms with van der Waals surface area (Å²) in [4.78, 5) is 6.91. The molecule has 0 bridgehead atoms. The molecule has 2 aliphatic heterocycles. The topological polar surface area (TPSA) is 40.1 Å². The van der Waals surface area contributed by atoms with Gasteiger partial charge in [-0.3, -0.25) is 10.0 Å². The Labute approximate surface area is 96.7 Å². The monoisotopic (exact) mass is 224 g/mol. The number of nitrogens with zero attached hydrogens (tertiary/aromatic N) is 3. The van der Waals surface area contributed by atoms with Gasteiger partial charge in [0.05, 0.1) is 18.9 Å². The van der Waals surface area contributed by atoms with Crippen LogP contribution in [0, 0.1) is 0 Å². The van der Waals surface area contributed by atoms with Crippen LogP contribution in [-0.2, 0) is 4.74 Å². The summed E-state index contributed by atoms with van der Waals surface area (Å²) < 4.78 is 5.37. The zero-order valence-electron chi connectivity index (χ0n) is 10.1. The Hall–Kier alpha value is -1.07. The Kier molecular flexibility index (Phi) is 3.79. The van der Waals surface area contributed by atoms with Crippen LogP contribution in [0.5, 0.6) is 0 Å². The van der Waals surface area contributed by atoms with Crippen LogP contribution in [0.4, 0.5) is 0 Å². The van der Waals surface area contributed by atoms with E-state index in [1.165, 1.54) is 5.70 Å². The third-order valence-electron chi connectivity index (χ3n) is 2.83. The number of nitrogens with one attached hydrogen (secondary N) is 1. The molecule has 0 radical (unpaired) electrons. The Morgan fingerprint density at radius 1 is 1.44 bits per heavy atom. The van der Waals surface area contributed by atoms with E-state index in [-0.39, 0.29) is 0 Å². The van der Waals surface area contributed by atoms with Gasteiger partial charge in [0.15, 0.2) is 5.84 Å². The predicted molar refractivity (Wildman–Crippen MR) is 64.2 cm³/mol. The van der Waals surface area contributed by atoms with Crippen molar-refractivity contribution in [2.45, 2.75) is 6.92 Å². The van der Waals surface area contributed by atoms with E-state index in [9.17, 15) is 0 Å². The highest BCUT2D eigenvalue weighted by atomic mass is 16.5. The first kappa shape index (κ1) is 11.4. The lowest BCUT2D eigenvalue weighted by molar-refractivity contribution is 0.0550. The standard InChI is InChI=1S/C11H20N4O/c1-3-12-11-10(4-5-13-14(11)2)15-6-8-16-9-7-15/h4,13H,3,5-9H2,1-2H3. The largest absolute Gasteiger partial charge is 0.378 e. The predicted octanol–water partition coefficient (Wildman–Crippen LogP) is 0.0709. The van der Waals surface area contributed by atoms with Gasteiger partial charge in [-0.2, -0.15) is 0 Å². The van der Waals surface area contributed by atoms with Gasteiger partial charge in [-0.1, -0.05) is 0 Å². The summed E-state index contributed by atoms with van der Waals surface area (Å²) in [6.45, 7) is 7.29. The minimum atomic E-state index is 0.809. The van der Waals surface area contributed by atoms with Crippen molar-refractivity contribution >= 4 is 5.84 Å². The van der Waals surface area contributed by atoms with Crippen LogP contribution in [0.3, 0.4) is 0 Å². The highest BCUT2D eigenvalue weighted by Gasteiger charge is 2.22. The molecule has 2 heterocycles. The molecule has 5 nitrogen and oxygen atoms in total. The number of likely N-dealkylation sites (N-methyl/N-ethyl adjacent to an activating group) is 1. The van der Waals surface area contributed by atoms with Gasteiger partial charge < -0.3 is 9.64 Å². The maximum absolute atomic E-state index is 5.37. The molecule has 0 aliphatic carbocycles. The lowest BCUT2D eigenvalue weighted by Crippen LogP contribution is -2.50. The lowest BCUT2D eigenvalue weighted by atomic mass is 10.2. The van der Waals surface area contributed by atoms with Gasteiger partial charge in [0, 0.05) is 33.2 Å². The molecule has 1 fully saturated rings. The van der Waals surface area contributed by atoms with Gasteiger partial charge in [0.25, 0.3) is 0 Å². The molecule has 16 heavy (non-hydrogen) atoms. The molecular weight excluding hydrogens is 204 g/mol. The third-order valence-corrected chi connectivity index (χ3v) is 2.83. The summed E-state index contributed by atoms with van der Waals surface area (Å²) in [7, 11) is 2.02. The Balaban J connectivity index is 2.16. The van der Waals surface area contributed by atoms with Gasteiger partial charge >= 0.3 is 0 Å². The van der Waals surface area contributed by atoms with Gasteiger partial charge in [0.1, 0.15) is 0 Å². The fourth-order valence-electron chi connectivity index (χ4n) is 2.03. The van der Waals surface area contributed by atoms with Crippen LogP contribution in [0.1, 0.15) is 6.92 Å². The Morgan fingerprint density at radius 3 is 2.88 bits per heavy atom. The SMILES string of the molecule is CCN=C1C(N2CCOCC2)=CCNN1C. The normalized spacial score (nSPS) is 24.9. The molecule has 0 saturated carbocycles. The van der Waals surface area contributed by atoms with Crippen LogP contribution < -0.4 is 5.43 Å². The van der Waals surface area contributed by atoms with Gasteiger partial charge in [-0.25, -0.2) is 5.43 Å². The number of hydrogen-bond donors (Lipinski definition) is 1. The fourth-order valence-corrected chi connectivity index (χ4v) is 2.03. The minimum absolute atomic E-state index is 0.809. The fraction of sp³-hybridized carbons (Fsp3) is 0.727. The quantitative estimate of drug-likeness (QED) is 0.720.